The number of aromatic amines is 1. The second kappa shape index (κ2) is 6.26. The van der Waals surface area contributed by atoms with Gasteiger partial charge in [0.05, 0.1) is 24.9 Å². The molecule has 0 bridgehead atoms. The number of nitrogens with zero attached hydrogens (tertiary/aromatic N) is 1. The summed E-state index contributed by atoms with van der Waals surface area (Å²) < 4.78 is 5.51. The molecule has 1 heterocycles. The minimum Gasteiger partial charge on any atom is -0.464 e. The highest BCUT2D eigenvalue weighted by Gasteiger charge is 2.08. The summed E-state index contributed by atoms with van der Waals surface area (Å²) in [5, 5.41) is 12.2. The summed E-state index contributed by atoms with van der Waals surface area (Å²) in [5.41, 5.74) is 2.53. The molecule has 0 saturated heterocycles. The quantitative estimate of drug-likeness (QED) is 0.843. The van der Waals surface area contributed by atoms with Crippen LogP contribution in [0.2, 0.25) is 0 Å². The Morgan fingerprint density at radius 1 is 1.45 bits per heavy atom. The normalized spacial score (nSPS) is 9.85. The lowest BCUT2D eigenvalue weighted by Crippen LogP contribution is -2.04. The van der Waals surface area contributed by atoms with E-state index in [1.165, 1.54) is 7.11 Å². The van der Waals surface area contributed by atoms with Crippen LogP contribution < -0.4 is 5.32 Å². The van der Waals surface area contributed by atoms with Crippen LogP contribution >= 0.6 is 15.9 Å². The molecule has 2 rings (SSSR count). The van der Waals surface area contributed by atoms with Gasteiger partial charge in [0.15, 0.2) is 0 Å². The van der Waals surface area contributed by atoms with Gasteiger partial charge in [0.25, 0.3) is 0 Å². The van der Waals surface area contributed by atoms with Gasteiger partial charge in [0, 0.05) is 10.2 Å². The molecule has 0 amide bonds. The molecule has 1 aromatic heterocycles. The first kappa shape index (κ1) is 14.2. The Bertz CT molecular complexity index is 673. The van der Waals surface area contributed by atoms with E-state index < -0.39 is 5.97 Å². The Morgan fingerprint density at radius 2 is 2.25 bits per heavy atom. The summed E-state index contributed by atoms with van der Waals surface area (Å²) in [4.78, 5) is 14.3. The number of methoxy groups -OCH3 is 1. The van der Waals surface area contributed by atoms with E-state index in [2.05, 4.69) is 37.0 Å². The fourth-order valence-electron chi connectivity index (χ4n) is 1.72. The first-order chi connectivity index (χ1) is 9.63. The molecule has 102 valence electrons. The Morgan fingerprint density at radius 3 is 2.95 bits per heavy atom. The lowest BCUT2D eigenvalue weighted by molar-refractivity contribution is 0.0594. The zero-order valence-electron chi connectivity index (χ0n) is 10.7. The van der Waals surface area contributed by atoms with Gasteiger partial charge >= 0.3 is 5.97 Å². The molecule has 1 aromatic carbocycles. The topological polar surface area (TPSA) is 77.9 Å². The number of carbonyl (C=O) groups excluding carboxylic acids is 1. The molecule has 20 heavy (non-hydrogen) atoms. The highest BCUT2D eigenvalue weighted by atomic mass is 79.9. The molecule has 6 heteroatoms. The predicted molar refractivity (Wildman–Crippen MR) is 78.3 cm³/mol. The Hall–Kier alpha value is -2.26. The van der Waals surface area contributed by atoms with Gasteiger partial charge in [-0.1, -0.05) is 15.9 Å². The minimum absolute atomic E-state index is 0.402. The van der Waals surface area contributed by atoms with E-state index in [1.807, 2.05) is 12.1 Å². The van der Waals surface area contributed by atoms with Gasteiger partial charge in [-0.15, -0.1) is 0 Å². The van der Waals surface area contributed by atoms with Gasteiger partial charge in [-0.25, -0.2) is 4.79 Å². The maximum atomic E-state index is 11.3. The molecule has 5 nitrogen and oxygen atoms in total. The number of halogens is 1. The first-order valence-electron chi connectivity index (χ1n) is 5.83. The molecular formula is C14H12BrN3O2. The fourth-order valence-corrected chi connectivity index (χ4v) is 2.08. The monoisotopic (exact) mass is 333 g/mol. The standard InChI is InChI=1S/C14H12BrN3O2/c1-20-14(19)12-5-4-11(18-12)8-17-13-6-10(15)3-2-9(13)7-16/h2-6,17-18H,8H2,1H3. The highest BCUT2D eigenvalue weighted by molar-refractivity contribution is 9.10. The zero-order valence-corrected chi connectivity index (χ0v) is 12.3. The van der Waals surface area contributed by atoms with Crippen LogP contribution in [0.25, 0.3) is 0 Å². The number of rotatable bonds is 4. The van der Waals surface area contributed by atoms with E-state index in [0.29, 0.717) is 17.8 Å². The number of ether oxygens (including phenoxy) is 1. The maximum absolute atomic E-state index is 11.3. The van der Waals surface area contributed by atoms with Crippen LogP contribution in [0.15, 0.2) is 34.8 Å². The third kappa shape index (κ3) is 3.19. The molecule has 2 N–H and O–H groups in total. The average Bonchev–Trinajstić information content (AvgIpc) is 2.93. The Balaban J connectivity index is 2.09. The van der Waals surface area contributed by atoms with E-state index in [1.54, 1.807) is 18.2 Å². The van der Waals surface area contributed by atoms with Gasteiger partial charge in [-0.3, -0.25) is 0 Å². The number of H-pyrrole nitrogens is 1. The molecule has 0 radical (unpaired) electrons. The van der Waals surface area contributed by atoms with Crippen molar-refractivity contribution >= 4 is 27.6 Å². The summed E-state index contributed by atoms with van der Waals surface area (Å²) >= 11 is 3.37. The summed E-state index contributed by atoms with van der Waals surface area (Å²) in [5.74, 6) is -0.406. The van der Waals surface area contributed by atoms with E-state index in [9.17, 15) is 4.79 Å². The average molecular weight is 334 g/mol. The van der Waals surface area contributed by atoms with Gasteiger partial charge in [0.2, 0.25) is 0 Å². The SMILES string of the molecule is COC(=O)c1ccc(CNc2cc(Br)ccc2C#N)[nH]1. The van der Waals surface area contributed by atoms with Gasteiger partial charge in [-0.05, 0) is 30.3 Å². The molecule has 0 atom stereocenters. The van der Waals surface area contributed by atoms with E-state index in [-0.39, 0.29) is 0 Å². The second-order valence-corrected chi connectivity index (χ2v) is 4.96. The van der Waals surface area contributed by atoms with Crippen LogP contribution in [-0.2, 0) is 11.3 Å². The van der Waals surface area contributed by atoms with Gasteiger partial charge < -0.3 is 15.0 Å². The number of benzene rings is 1. The molecular weight excluding hydrogens is 322 g/mol. The maximum Gasteiger partial charge on any atom is 0.354 e. The minimum atomic E-state index is -0.406. The Labute approximate surface area is 124 Å². The number of aromatic nitrogens is 1. The number of esters is 1. The van der Waals surface area contributed by atoms with Crippen molar-refractivity contribution in [3.8, 4) is 6.07 Å². The van der Waals surface area contributed by atoms with Crippen molar-refractivity contribution in [2.75, 3.05) is 12.4 Å². The van der Waals surface area contributed by atoms with Crippen LogP contribution in [-0.4, -0.2) is 18.1 Å². The zero-order chi connectivity index (χ0) is 14.5. The molecule has 0 aliphatic heterocycles. The van der Waals surface area contributed by atoms with Crippen molar-refractivity contribution in [3.63, 3.8) is 0 Å². The van der Waals surface area contributed by atoms with Crippen molar-refractivity contribution in [1.82, 2.24) is 4.98 Å². The lowest BCUT2D eigenvalue weighted by atomic mass is 10.2. The number of anilines is 1. The molecule has 0 saturated carbocycles. The van der Waals surface area contributed by atoms with E-state index >= 15 is 0 Å². The van der Waals surface area contributed by atoms with Crippen molar-refractivity contribution in [3.05, 3.63) is 51.8 Å². The number of hydrogen-bond donors (Lipinski definition) is 2. The summed E-state index contributed by atoms with van der Waals surface area (Å²) in [6.07, 6.45) is 0. The molecule has 0 aliphatic carbocycles. The summed E-state index contributed by atoms with van der Waals surface area (Å²) in [6, 6.07) is 11.0. The molecule has 2 aromatic rings. The first-order valence-corrected chi connectivity index (χ1v) is 6.63. The van der Waals surface area contributed by atoms with E-state index in [0.717, 1.165) is 15.9 Å². The van der Waals surface area contributed by atoms with Crippen molar-refractivity contribution in [1.29, 1.82) is 5.26 Å². The molecule has 0 fully saturated rings. The van der Waals surface area contributed by atoms with E-state index in [4.69, 9.17) is 5.26 Å². The number of carbonyl (C=O) groups is 1. The van der Waals surface area contributed by atoms with Crippen molar-refractivity contribution in [2.24, 2.45) is 0 Å². The smallest absolute Gasteiger partial charge is 0.354 e. The number of nitrogens with one attached hydrogen (secondary N) is 2. The summed E-state index contributed by atoms with van der Waals surface area (Å²) in [7, 11) is 1.34. The number of nitriles is 1. The highest BCUT2D eigenvalue weighted by Crippen LogP contribution is 2.21. The fraction of sp³-hybridized carbons (Fsp3) is 0.143. The van der Waals surface area contributed by atoms with Crippen molar-refractivity contribution in [2.45, 2.75) is 6.54 Å². The Kier molecular flexibility index (Phi) is 4.43. The van der Waals surface area contributed by atoms with Gasteiger partial charge in [0.1, 0.15) is 11.8 Å². The lowest BCUT2D eigenvalue weighted by Gasteiger charge is -2.07. The van der Waals surface area contributed by atoms with Crippen LogP contribution in [0.1, 0.15) is 21.7 Å². The van der Waals surface area contributed by atoms with Crippen LogP contribution in [0, 0.1) is 11.3 Å². The van der Waals surface area contributed by atoms with Crippen LogP contribution in [0.4, 0.5) is 5.69 Å². The summed E-state index contributed by atoms with van der Waals surface area (Å²) in [6.45, 7) is 0.474. The predicted octanol–water partition coefficient (Wildman–Crippen LogP) is 3.05. The molecule has 0 aliphatic rings. The van der Waals surface area contributed by atoms with Gasteiger partial charge in [-0.2, -0.15) is 5.26 Å². The third-order valence-corrected chi connectivity index (χ3v) is 3.22. The van der Waals surface area contributed by atoms with Crippen LogP contribution in [0.5, 0.6) is 0 Å². The largest absolute Gasteiger partial charge is 0.464 e. The molecule has 0 unspecified atom stereocenters. The third-order valence-electron chi connectivity index (χ3n) is 2.72. The van der Waals surface area contributed by atoms with Crippen LogP contribution in [0.3, 0.4) is 0 Å². The molecule has 0 spiro atoms. The number of hydrogen-bond acceptors (Lipinski definition) is 4. The van der Waals surface area contributed by atoms with Crippen molar-refractivity contribution < 1.29 is 9.53 Å². The second-order valence-electron chi connectivity index (χ2n) is 4.04.